The summed E-state index contributed by atoms with van der Waals surface area (Å²) >= 11 is 4.67. The summed E-state index contributed by atoms with van der Waals surface area (Å²) in [5, 5.41) is -1.71. The van der Waals surface area contributed by atoms with E-state index in [1.165, 1.54) is 29.2 Å². The molecule has 1 aromatic rings. The summed E-state index contributed by atoms with van der Waals surface area (Å²) in [7, 11) is -10.8. The molecule has 0 fully saturated rings. The molecule has 0 saturated carbocycles. The van der Waals surface area contributed by atoms with Gasteiger partial charge >= 0.3 is 0 Å². The van der Waals surface area contributed by atoms with E-state index in [9.17, 15) is 30.0 Å². The maximum Gasteiger partial charge on any atom is 0.282 e. The van der Waals surface area contributed by atoms with Gasteiger partial charge in [-0.05, 0) is 24.3 Å². The molecule has 0 N–H and O–H groups in total. The summed E-state index contributed by atoms with van der Waals surface area (Å²) in [5.74, 6) is 0. The molecule has 2 rings (SSSR count). The van der Waals surface area contributed by atoms with Crippen molar-refractivity contribution in [3.63, 3.8) is 0 Å². The normalized spacial score (nSPS) is 20.3. The summed E-state index contributed by atoms with van der Waals surface area (Å²) < 4.78 is 69.6. The van der Waals surface area contributed by atoms with Crippen LogP contribution in [0.5, 0.6) is 0 Å². The molecule has 1 aliphatic rings. The van der Waals surface area contributed by atoms with E-state index in [0.717, 1.165) is 30.5 Å². The number of carbonyl (C=O) groups is 1. The van der Waals surface area contributed by atoms with Gasteiger partial charge in [-0.25, -0.2) is 25.3 Å². The second kappa shape index (κ2) is 8.57. The van der Waals surface area contributed by atoms with Crippen molar-refractivity contribution in [2.24, 2.45) is 4.99 Å². The number of nitrogens with zero attached hydrogens (tertiary/aromatic N) is 2. The van der Waals surface area contributed by atoms with E-state index >= 15 is 0 Å². The van der Waals surface area contributed by atoms with Crippen molar-refractivity contribution in [2.75, 3.05) is 30.2 Å². The first-order valence-corrected chi connectivity index (χ1v) is 15.1. The van der Waals surface area contributed by atoms with E-state index in [1.807, 2.05) is 0 Å². The lowest BCUT2D eigenvalue weighted by Crippen LogP contribution is -2.32. The molecule has 1 amide bonds. The number of benzene rings is 1. The minimum atomic E-state index is -3.73. The molecule has 2 unspecified atom stereocenters. The molecule has 0 saturated heterocycles. The molecule has 0 aliphatic carbocycles. The van der Waals surface area contributed by atoms with Crippen molar-refractivity contribution in [2.45, 2.75) is 21.3 Å². The highest BCUT2D eigenvalue weighted by molar-refractivity contribution is 8.23. The second-order valence-electron chi connectivity index (χ2n) is 6.51. The Labute approximate surface area is 180 Å². The van der Waals surface area contributed by atoms with Crippen molar-refractivity contribution >= 4 is 69.9 Å². The minimum Gasteiger partial charge on any atom is -0.303 e. The van der Waals surface area contributed by atoms with Gasteiger partial charge in [-0.3, -0.25) is 9.79 Å². The SMILES string of the molecule is CS(=O)(=O)c1ccc(N(CCC2=NC(S(C)(=O)=O)C(S(C)(=O)=O)S2)C(=O)S)cc1. The molecule has 1 heterocycles. The van der Waals surface area contributed by atoms with Gasteiger partial charge in [0, 0.05) is 37.4 Å². The lowest BCUT2D eigenvalue weighted by atomic mass is 10.3. The number of anilines is 1. The first kappa shape index (κ1) is 24.2. The predicted molar refractivity (Wildman–Crippen MR) is 118 cm³/mol. The number of thioether (sulfide) groups is 1. The van der Waals surface area contributed by atoms with Crippen molar-refractivity contribution in [3.8, 4) is 0 Å². The minimum absolute atomic E-state index is 0.0549. The standard InChI is InChI=1S/C15H20N2O7S5/c1-27(19,20)11-6-4-10(5-7-11)17(15(18)25)9-8-12-16-13(28(2,21)22)14(26-12)29(3,23)24/h4-7,13-14H,8-9H2,1-3H3,(H,18,25). The van der Waals surface area contributed by atoms with Gasteiger partial charge in [-0.1, -0.05) is 24.4 Å². The van der Waals surface area contributed by atoms with Gasteiger partial charge in [0.2, 0.25) is 0 Å². The van der Waals surface area contributed by atoms with Crippen molar-refractivity contribution in [3.05, 3.63) is 24.3 Å². The summed E-state index contributed by atoms with van der Waals surface area (Å²) in [6, 6.07) is 5.62. The highest BCUT2D eigenvalue weighted by Crippen LogP contribution is 2.35. The first-order chi connectivity index (χ1) is 13.1. The van der Waals surface area contributed by atoms with Crippen LogP contribution in [0.25, 0.3) is 0 Å². The van der Waals surface area contributed by atoms with Crippen molar-refractivity contribution in [1.29, 1.82) is 0 Å². The van der Waals surface area contributed by atoms with Crippen LogP contribution in [0.4, 0.5) is 10.5 Å². The zero-order chi connectivity index (χ0) is 22.2. The lowest BCUT2D eigenvalue weighted by molar-refractivity contribution is 0.265. The van der Waals surface area contributed by atoms with Crippen LogP contribution in [0.3, 0.4) is 0 Å². The zero-order valence-corrected chi connectivity index (χ0v) is 19.9. The predicted octanol–water partition coefficient (Wildman–Crippen LogP) is 1.22. The van der Waals surface area contributed by atoms with E-state index in [4.69, 9.17) is 0 Å². The number of rotatable bonds is 7. The molecule has 9 nitrogen and oxygen atoms in total. The average molecular weight is 501 g/mol. The fraction of sp³-hybridized carbons (Fsp3) is 0.467. The Bertz CT molecular complexity index is 1140. The van der Waals surface area contributed by atoms with Gasteiger partial charge in [-0.2, -0.15) is 0 Å². The van der Waals surface area contributed by atoms with Crippen LogP contribution in [0.2, 0.25) is 0 Å². The highest BCUT2D eigenvalue weighted by atomic mass is 32.3. The maximum atomic E-state index is 11.9. The van der Waals surface area contributed by atoms with Gasteiger partial charge in [0.05, 0.1) is 9.94 Å². The molecule has 0 aromatic heterocycles. The van der Waals surface area contributed by atoms with Crippen LogP contribution in [0.15, 0.2) is 34.2 Å². The lowest BCUT2D eigenvalue weighted by Gasteiger charge is -2.20. The highest BCUT2D eigenvalue weighted by Gasteiger charge is 2.43. The Morgan fingerprint density at radius 1 is 1.03 bits per heavy atom. The van der Waals surface area contributed by atoms with Gasteiger partial charge in [0.15, 0.2) is 34.9 Å². The Kier molecular flexibility index (Phi) is 7.15. The molecule has 14 heteroatoms. The number of hydrogen-bond acceptors (Lipinski definition) is 9. The molecule has 1 aromatic carbocycles. The number of amides is 1. The number of hydrogen-bond donors (Lipinski definition) is 1. The fourth-order valence-corrected chi connectivity index (χ4v) is 8.52. The Balaban J connectivity index is 2.22. The van der Waals surface area contributed by atoms with Crippen LogP contribution >= 0.6 is 24.4 Å². The summed E-state index contributed by atoms with van der Waals surface area (Å²) in [6.07, 6.45) is 3.06. The second-order valence-corrected chi connectivity index (χ2v) is 14.7. The van der Waals surface area contributed by atoms with E-state index in [0.29, 0.717) is 10.7 Å². The van der Waals surface area contributed by atoms with Gasteiger partial charge < -0.3 is 4.90 Å². The van der Waals surface area contributed by atoms with E-state index in [2.05, 4.69) is 17.6 Å². The third-order valence-electron chi connectivity index (χ3n) is 3.97. The molecule has 29 heavy (non-hydrogen) atoms. The van der Waals surface area contributed by atoms with Crippen LogP contribution in [0, 0.1) is 0 Å². The van der Waals surface area contributed by atoms with Crippen LogP contribution in [-0.4, -0.2) is 70.8 Å². The Morgan fingerprint density at radius 2 is 1.59 bits per heavy atom. The molecule has 0 radical (unpaired) electrons. The number of thiol groups is 1. The van der Waals surface area contributed by atoms with E-state index in [-0.39, 0.29) is 17.9 Å². The molecular weight excluding hydrogens is 481 g/mol. The Hall–Kier alpha value is -1.09. The van der Waals surface area contributed by atoms with Crippen LogP contribution in [-0.2, 0) is 29.5 Å². The monoisotopic (exact) mass is 500 g/mol. The molecule has 1 aliphatic heterocycles. The first-order valence-electron chi connectivity index (χ1n) is 8.02. The van der Waals surface area contributed by atoms with Crippen LogP contribution in [0.1, 0.15) is 6.42 Å². The number of carbonyl (C=O) groups excluding carboxylic acids is 1. The third-order valence-corrected chi connectivity index (χ3v) is 10.5. The molecule has 0 bridgehead atoms. The molecule has 2 atom stereocenters. The number of aliphatic imine (C=N–C) groups is 1. The topological polar surface area (TPSA) is 135 Å². The smallest absolute Gasteiger partial charge is 0.282 e. The largest absolute Gasteiger partial charge is 0.303 e. The van der Waals surface area contributed by atoms with E-state index in [1.54, 1.807) is 0 Å². The van der Waals surface area contributed by atoms with Crippen molar-refractivity contribution < 1.29 is 30.0 Å². The van der Waals surface area contributed by atoms with Gasteiger partial charge in [0.1, 0.15) is 4.58 Å². The van der Waals surface area contributed by atoms with Gasteiger partial charge in [0.25, 0.3) is 5.24 Å². The summed E-state index contributed by atoms with van der Waals surface area (Å²) in [4.78, 5) is 17.3. The average Bonchev–Trinajstić information content (AvgIpc) is 2.99. The number of sulfone groups is 3. The zero-order valence-electron chi connectivity index (χ0n) is 15.7. The van der Waals surface area contributed by atoms with Gasteiger partial charge in [-0.15, -0.1) is 0 Å². The third kappa shape index (κ3) is 6.20. The quantitative estimate of drug-likeness (QED) is 0.552. The molecule has 0 spiro atoms. The molecule has 162 valence electrons. The van der Waals surface area contributed by atoms with Crippen molar-refractivity contribution in [1.82, 2.24) is 0 Å². The Morgan fingerprint density at radius 3 is 1.97 bits per heavy atom. The summed E-state index contributed by atoms with van der Waals surface area (Å²) in [5.41, 5.74) is 0.389. The van der Waals surface area contributed by atoms with E-state index < -0.39 is 44.7 Å². The maximum absolute atomic E-state index is 11.9. The fourth-order valence-electron chi connectivity index (χ4n) is 2.56. The van der Waals surface area contributed by atoms with Crippen LogP contribution < -0.4 is 4.90 Å². The molecular formula is C15H20N2O7S5. The summed E-state index contributed by atoms with van der Waals surface area (Å²) in [6.45, 7) is 0.0549.